The first-order valence-electron chi connectivity index (χ1n) is 10.2. The second-order valence-electron chi connectivity index (χ2n) is 7.60. The minimum Gasteiger partial charge on any atom is -0.336 e. The van der Waals surface area contributed by atoms with Gasteiger partial charge in [-0.2, -0.15) is 0 Å². The summed E-state index contributed by atoms with van der Waals surface area (Å²) in [5.41, 5.74) is 1.84. The predicted octanol–water partition coefficient (Wildman–Crippen LogP) is 4.96. The number of hydrogen-bond donors (Lipinski definition) is 1. The fraction of sp³-hybridized carbons (Fsp3) is 0.318. The molecule has 1 amide bonds. The molecule has 3 aromatic rings. The predicted molar refractivity (Wildman–Crippen MR) is 121 cm³/mol. The van der Waals surface area contributed by atoms with Gasteiger partial charge in [0, 0.05) is 15.7 Å². The molecule has 1 fully saturated rings. The number of nitrogen functional groups attached to an aromatic ring is 1. The summed E-state index contributed by atoms with van der Waals surface area (Å²) in [5, 5.41) is 9.21. The van der Waals surface area contributed by atoms with E-state index >= 15 is 0 Å². The van der Waals surface area contributed by atoms with Crippen LogP contribution in [0.1, 0.15) is 43.8 Å². The second-order valence-corrected chi connectivity index (χ2v) is 9.63. The van der Waals surface area contributed by atoms with Gasteiger partial charge in [-0.3, -0.25) is 9.69 Å². The van der Waals surface area contributed by atoms with Crippen LogP contribution in [0.5, 0.6) is 0 Å². The van der Waals surface area contributed by atoms with Crippen LogP contribution in [0.3, 0.4) is 0 Å². The highest BCUT2D eigenvalue weighted by Gasteiger charge is 2.29. The number of amides is 1. The Labute approximate surface area is 184 Å². The Hall–Kier alpha value is -2.45. The van der Waals surface area contributed by atoms with E-state index in [0.717, 1.165) is 39.8 Å². The number of carbonyl (C=O) groups is 1. The van der Waals surface area contributed by atoms with Gasteiger partial charge in [-0.25, -0.2) is 4.68 Å². The average molecular weight is 438 g/mol. The summed E-state index contributed by atoms with van der Waals surface area (Å²) >= 11 is 3.04. The molecule has 0 atom stereocenters. The van der Waals surface area contributed by atoms with E-state index in [2.05, 4.69) is 22.3 Å². The summed E-state index contributed by atoms with van der Waals surface area (Å²) in [5.74, 6) is 7.76. The Morgan fingerprint density at radius 3 is 2.30 bits per heavy atom. The fourth-order valence-corrected chi connectivity index (χ4v) is 5.96. The van der Waals surface area contributed by atoms with Gasteiger partial charge in [-0.05, 0) is 37.1 Å². The molecule has 2 aliphatic rings. The number of thioether (sulfide) groups is 1. The number of aromatic nitrogens is 3. The van der Waals surface area contributed by atoms with E-state index in [1.165, 1.54) is 31.0 Å². The normalized spacial score (nSPS) is 16.2. The van der Waals surface area contributed by atoms with Gasteiger partial charge in [0.15, 0.2) is 5.82 Å². The highest BCUT2D eigenvalue weighted by atomic mass is 32.2. The van der Waals surface area contributed by atoms with Crippen LogP contribution in [0.2, 0.25) is 0 Å². The molecule has 8 heteroatoms. The molecule has 30 heavy (non-hydrogen) atoms. The maximum Gasteiger partial charge on any atom is 0.242 e. The van der Waals surface area contributed by atoms with Crippen LogP contribution in [0.25, 0.3) is 0 Å². The van der Waals surface area contributed by atoms with Crippen molar-refractivity contribution in [2.45, 2.75) is 53.0 Å². The molecule has 1 aromatic heterocycles. The lowest BCUT2D eigenvalue weighted by atomic mass is 9.89. The summed E-state index contributed by atoms with van der Waals surface area (Å²) in [6, 6.07) is 16.0. The highest BCUT2D eigenvalue weighted by Crippen LogP contribution is 2.48. The van der Waals surface area contributed by atoms with Crippen molar-refractivity contribution in [1.29, 1.82) is 0 Å². The lowest BCUT2D eigenvalue weighted by Crippen LogP contribution is -2.30. The second kappa shape index (κ2) is 8.35. The molecule has 0 radical (unpaired) electrons. The molecule has 1 aliphatic heterocycles. The first-order chi connectivity index (χ1) is 14.7. The maximum absolute atomic E-state index is 13.3. The monoisotopic (exact) mass is 437 g/mol. The zero-order valence-corrected chi connectivity index (χ0v) is 18.2. The first kappa shape index (κ1) is 19.5. The van der Waals surface area contributed by atoms with Crippen LogP contribution in [-0.2, 0) is 4.79 Å². The molecule has 2 N–H and O–H groups in total. The number of rotatable bonds is 4. The van der Waals surface area contributed by atoms with Crippen molar-refractivity contribution in [1.82, 2.24) is 14.9 Å². The minimum atomic E-state index is 0.00224. The molecule has 6 nitrogen and oxygen atoms in total. The molecule has 1 aliphatic carbocycles. The van der Waals surface area contributed by atoms with Crippen molar-refractivity contribution in [3.8, 4) is 0 Å². The molecule has 0 saturated heterocycles. The van der Waals surface area contributed by atoms with Crippen LogP contribution in [-0.4, -0.2) is 26.5 Å². The van der Waals surface area contributed by atoms with Crippen molar-refractivity contribution >= 4 is 40.8 Å². The van der Waals surface area contributed by atoms with Crippen LogP contribution in [0.4, 0.5) is 11.4 Å². The van der Waals surface area contributed by atoms with Crippen molar-refractivity contribution in [3.05, 3.63) is 54.4 Å². The van der Waals surface area contributed by atoms with Gasteiger partial charge in [-0.1, -0.05) is 67.1 Å². The summed E-state index contributed by atoms with van der Waals surface area (Å²) in [7, 11) is 0. The number of benzene rings is 2. The Kier molecular flexibility index (Phi) is 5.43. The van der Waals surface area contributed by atoms with Gasteiger partial charge in [0.25, 0.3) is 0 Å². The number of hydrogen-bond acceptors (Lipinski definition) is 6. The first-order valence-corrected chi connectivity index (χ1v) is 12.0. The average Bonchev–Trinajstić information content (AvgIpc) is 3.16. The standard InChI is InChI=1S/C22H23N5OS2/c23-27-21(15-8-2-1-3-9-15)24-25-22(27)29-14-20(28)26-16-10-4-6-12-18(16)30-19-13-7-5-11-17(19)26/h4-7,10-13,15H,1-3,8-9,14,23H2. The van der Waals surface area contributed by atoms with Crippen LogP contribution >= 0.6 is 23.5 Å². The van der Waals surface area contributed by atoms with Gasteiger partial charge in [-0.15, -0.1) is 10.2 Å². The van der Waals surface area contributed by atoms with Gasteiger partial charge >= 0.3 is 0 Å². The summed E-state index contributed by atoms with van der Waals surface area (Å²) in [6.45, 7) is 0. The summed E-state index contributed by atoms with van der Waals surface area (Å²) < 4.78 is 1.59. The quantitative estimate of drug-likeness (QED) is 0.459. The molecule has 1 saturated carbocycles. The molecule has 2 heterocycles. The summed E-state index contributed by atoms with van der Waals surface area (Å²) in [4.78, 5) is 17.3. The number of nitrogens with two attached hydrogens (primary N) is 1. The molecule has 0 unspecified atom stereocenters. The molecular weight excluding hydrogens is 414 g/mol. The zero-order valence-electron chi connectivity index (χ0n) is 16.5. The lowest BCUT2D eigenvalue weighted by Gasteiger charge is -2.30. The van der Waals surface area contributed by atoms with Crippen LogP contribution in [0, 0.1) is 0 Å². The Bertz CT molecular complexity index is 1030. The minimum absolute atomic E-state index is 0.00224. The molecule has 154 valence electrons. The molecule has 0 spiro atoms. The lowest BCUT2D eigenvalue weighted by molar-refractivity contribution is -0.115. The van der Waals surface area contributed by atoms with Gasteiger partial charge in [0.1, 0.15) is 0 Å². The maximum atomic E-state index is 13.3. The van der Waals surface area contributed by atoms with Crippen molar-refractivity contribution in [3.63, 3.8) is 0 Å². The van der Waals surface area contributed by atoms with Crippen molar-refractivity contribution in [2.24, 2.45) is 0 Å². The van der Waals surface area contributed by atoms with E-state index in [1.54, 1.807) is 16.4 Å². The van der Waals surface area contributed by atoms with Crippen LogP contribution in [0.15, 0.2) is 63.5 Å². The van der Waals surface area contributed by atoms with E-state index < -0.39 is 0 Å². The number of fused-ring (bicyclic) bond motifs is 2. The number of para-hydroxylation sites is 2. The largest absolute Gasteiger partial charge is 0.336 e. The zero-order chi connectivity index (χ0) is 20.5. The highest BCUT2D eigenvalue weighted by molar-refractivity contribution is 8.00. The molecule has 0 bridgehead atoms. The third kappa shape index (κ3) is 3.58. The number of carbonyl (C=O) groups excluding carboxylic acids is 1. The van der Waals surface area contributed by atoms with E-state index in [9.17, 15) is 4.79 Å². The molecular formula is C22H23N5OS2. The topological polar surface area (TPSA) is 77.0 Å². The Morgan fingerprint density at radius 2 is 1.63 bits per heavy atom. The Morgan fingerprint density at radius 1 is 1.00 bits per heavy atom. The van der Waals surface area contributed by atoms with E-state index in [4.69, 9.17) is 5.84 Å². The fourth-order valence-electron chi connectivity index (χ4n) is 4.19. The third-order valence-corrected chi connectivity index (χ3v) is 7.73. The van der Waals surface area contributed by atoms with Crippen molar-refractivity contribution in [2.75, 3.05) is 16.5 Å². The molecule has 2 aromatic carbocycles. The van der Waals surface area contributed by atoms with E-state index in [0.29, 0.717) is 11.1 Å². The van der Waals surface area contributed by atoms with Gasteiger partial charge in [0.2, 0.25) is 11.1 Å². The SMILES string of the molecule is Nn1c(SCC(=O)N2c3ccccc3Sc3ccccc32)nnc1C1CCCCC1. The third-order valence-electron chi connectivity index (χ3n) is 5.67. The smallest absolute Gasteiger partial charge is 0.242 e. The van der Waals surface area contributed by atoms with E-state index in [-0.39, 0.29) is 11.7 Å². The number of anilines is 2. The van der Waals surface area contributed by atoms with Crippen LogP contribution < -0.4 is 10.7 Å². The Balaban J connectivity index is 1.36. The van der Waals surface area contributed by atoms with Crippen molar-refractivity contribution < 1.29 is 4.79 Å². The number of nitrogens with zero attached hydrogens (tertiary/aromatic N) is 4. The van der Waals surface area contributed by atoms with E-state index in [1.807, 2.05) is 41.3 Å². The van der Waals surface area contributed by atoms with Gasteiger partial charge in [0.05, 0.1) is 17.1 Å². The molecule has 5 rings (SSSR count). The summed E-state index contributed by atoms with van der Waals surface area (Å²) in [6.07, 6.45) is 5.92. The van der Waals surface area contributed by atoms with Gasteiger partial charge < -0.3 is 5.84 Å².